The van der Waals surface area contributed by atoms with Gasteiger partial charge in [0.25, 0.3) is 0 Å². The Kier molecular flexibility index (Phi) is 5.07. The molecule has 0 spiro atoms. The summed E-state index contributed by atoms with van der Waals surface area (Å²) in [6, 6.07) is 8.53. The smallest absolute Gasteiger partial charge is 0.223 e. The van der Waals surface area contributed by atoms with Crippen LogP contribution in [0.25, 0.3) is 10.9 Å². The van der Waals surface area contributed by atoms with Crippen LogP contribution in [0.4, 0.5) is 0 Å². The van der Waals surface area contributed by atoms with Gasteiger partial charge in [-0.1, -0.05) is 24.6 Å². The summed E-state index contributed by atoms with van der Waals surface area (Å²) in [5.41, 5.74) is 2.65. The number of carbonyl (C=O) groups excluding carboxylic acids is 1. The number of aromatic nitrogens is 1. The van der Waals surface area contributed by atoms with Crippen molar-refractivity contribution < 1.29 is 4.79 Å². The van der Waals surface area contributed by atoms with Crippen LogP contribution < -0.4 is 0 Å². The van der Waals surface area contributed by atoms with Gasteiger partial charge in [-0.25, -0.2) is 0 Å². The van der Waals surface area contributed by atoms with Crippen molar-refractivity contribution in [2.24, 2.45) is 0 Å². The van der Waals surface area contributed by atoms with Crippen molar-refractivity contribution in [3.8, 4) is 0 Å². The molecule has 0 bridgehead atoms. The maximum Gasteiger partial charge on any atom is 0.223 e. The van der Waals surface area contributed by atoms with Gasteiger partial charge in [0.1, 0.15) is 0 Å². The Morgan fingerprint density at radius 3 is 2.60 bits per heavy atom. The minimum Gasteiger partial charge on any atom is -0.361 e. The maximum atomic E-state index is 12.5. The molecule has 2 aliphatic rings. The molecule has 1 aromatic carbocycles. The molecule has 1 N–H and O–H groups in total. The van der Waals surface area contributed by atoms with Crippen molar-refractivity contribution in [2.45, 2.75) is 44.4 Å². The zero-order valence-electron chi connectivity index (χ0n) is 15.0. The molecule has 1 amide bonds. The highest BCUT2D eigenvalue weighted by Gasteiger charge is 2.25. The van der Waals surface area contributed by atoms with Gasteiger partial charge >= 0.3 is 0 Å². The number of amides is 1. The predicted octanol–water partition coefficient (Wildman–Crippen LogP) is 3.75. The highest BCUT2D eigenvalue weighted by atomic mass is 16.2. The number of aromatic amines is 1. The number of nitrogens with one attached hydrogen (secondary N) is 1. The number of benzene rings is 1. The molecular formula is C21H29N3O. The Morgan fingerprint density at radius 1 is 1.04 bits per heavy atom. The summed E-state index contributed by atoms with van der Waals surface area (Å²) in [5.74, 6) is 0.922. The Labute approximate surface area is 150 Å². The third kappa shape index (κ3) is 3.74. The number of nitrogens with zero attached hydrogens (tertiary/aromatic N) is 2. The molecule has 2 aromatic rings. The van der Waals surface area contributed by atoms with Crippen molar-refractivity contribution in [3.05, 3.63) is 36.0 Å². The van der Waals surface area contributed by atoms with E-state index < -0.39 is 0 Å². The molecule has 2 aliphatic heterocycles. The lowest BCUT2D eigenvalue weighted by molar-refractivity contribution is -0.132. The van der Waals surface area contributed by atoms with E-state index in [1.165, 1.54) is 48.8 Å². The van der Waals surface area contributed by atoms with Gasteiger partial charge in [0.2, 0.25) is 5.91 Å². The number of H-pyrrole nitrogens is 1. The molecule has 0 radical (unpaired) electrons. The summed E-state index contributed by atoms with van der Waals surface area (Å²) in [6.45, 7) is 5.11. The summed E-state index contributed by atoms with van der Waals surface area (Å²) >= 11 is 0. The molecule has 134 valence electrons. The monoisotopic (exact) mass is 339 g/mol. The van der Waals surface area contributed by atoms with Crippen molar-refractivity contribution in [2.75, 3.05) is 32.7 Å². The fourth-order valence-corrected chi connectivity index (χ4v) is 4.47. The number of fused-ring (bicyclic) bond motifs is 1. The molecule has 0 unspecified atom stereocenters. The second kappa shape index (κ2) is 7.61. The third-order valence-corrected chi connectivity index (χ3v) is 6.00. The van der Waals surface area contributed by atoms with E-state index in [0.717, 1.165) is 32.5 Å². The Hall–Kier alpha value is -1.81. The number of likely N-dealkylation sites (tertiary alicyclic amines) is 2. The molecule has 4 heteroatoms. The number of carbonyl (C=O) groups is 1. The van der Waals surface area contributed by atoms with E-state index in [-0.39, 0.29) is 0 Å². The van der Waals surface area contributed by atoms with Crippen LogP contribution >= 0.6 is 0 Å². The average Bonchev–Trinajstić information content (AvgIpc) is 3.11. The molecule has 4 nitrogen and oxygen atoms in total. The summed E-state index contributed by atoms with van der Waals surface area (Å²) in [6.07, 6.45) is 8.97. The van der Waals surface area contributed by atoms with E-state index >= 15 is 0 Å². The van der Waals surface area contributed by atoms with Gasteiger partial charge in [-0.3, -0.25) is 4.79 Å². The van der Waals surface area contributed by atoms with Gasteiger partial charge in [0.05, 0.1) is 0 Å². The molecule has 1 aromatic heterocycles. The highest BCUT2D eigenvalue weighted by Crippen LogP contribution is 2.33. The Morgan fingerprint density at radius 2 is 1.80 bits per heavy atom. The lowest BCUT2D eigenvalue weighted by Crippen LogP contribution is -2.40. The largest absolute Gasteiger partial charge is 0.361 e. The van der Waals surface area contributed by atoms with E-state index in [0.29, 0.717) is 18.2 Å². The van der Waals surface area contributed by atoms with Gasteiger partial charge < -0.3 is 14.8 Å². The van der Waals surface area contributed by atoms with Crippen LogP contribution in [0.5, 0.6) is 0 Å². The van der Waals surface area contributed by atoms with Gasteiger partial charge in [0, 0.05) is 43.2 Å². The van der Waals surface area contributed by atoms with Gasteiger partial charge in [-0.15, -0.1) is 0 Å². The van der Waals surface area contributed by atoms with Crippen LogP contribution in [0.3, 0.4) is 0 Å². The van der Waals surface area contributed by atoms with Crippen LogP contribution in [-0.4, -0.2) is 53.4 Å². The first-order chi connectivity index (χ1) is 12.3. The lowest BCUT2D eigenvalue weighted by Gasteiger charge is -2.33. The number of rotatable bonds is 4. The average molecular weight is 339 g/mol. The zero-order valence-corrected chi connectivity index (χ0v) is 15.0. The van der Waals surface area contributed by atoms with Gasteiger partial charge in [-0.2, -0.15) is 0 Å². The van der Waals surface area contributed by atoms with Crippen molar-refractivity contribution in [1.29, 1.82) is 0 Å². The highest BCUT2D eigenvalue weighted by molar-refractivity contribution is 5.83. The normalized spacial score (nSPS) is 20.2. The van der Waals surface area contributed by atoms with Crippen molar-refractivity contribution in [3.63, 3.8) is 0 Å². The Balaban J connectivity index is 1.29. The topological polar surface area (TPSA) is 39.3 Å². The fourth-order valence-electron chi connectivity index (χ4n) is 4.47. The zero-order chi connectivity index (χ0) is 17.1. The van der Waals surface area contributed by atoms with E-state index in [9.17, 15) is 4.79 Å². The van der Waals surface area contributed by atoms with Crippen molar-refractivity contribution >= 4 is 16.8 Å². The predicted molar refractivity (Wildman–Crippen MR) is 102 cm³/mol. The number of para-hydroxylation sites is 1. The second-order valence-electron chi connectivity index (χ2n) is 7.60. The third-order valence-electron chi connectivity index (χ3n) is 6.00. The first kappa shape index (κ1) is 16.6. The molecule has 3 heterocycles. The molecule has 0 saturated carbocycles. The SMILES string of the molecule is O=C(CCN1CCCCC1)N1CCC(c2c[nH]c3ccccc23)CC1. The quantitative estimate of drug-likeness (QED) is 0.921. The molecule has 2 fully saturated rings. The van der Waals surface area contributed by atoms with Crippen LogP contribution in [0.15, 0.2) is 30.5 Å². The second-order valence-corrected chi connectivity index (χ2v) is 7.60. The summed E-state index contributed by atoms with van der Waals surface area (Å²) in [4.78, 5) is 20.5. The minimum absolute atomic E-state index is 0.350. The first-order valence-electron chi connectivity index (χ1n) is 9.87. The lowest BCUT2D eigenvalue weighted by atomic mass is 9.89. The van der Waals surface area contributed by atoms with Crippen molar-refractivity contribution in [1.82, 2.24) is 14.8 Å². The summed E-state index contributed by atoms with van der Waals surface area (Å²) in [7, 11) is 0. The van der Waals surface area contributed by atoms with Crippen LogP contribution in [-0.2, 0) is 4.79 Å². The van der Waals surface area contributed by atoms with Crippen LogP contribution in [0.2, 0.25) is 0 Å². The van der Waals surface area contributed by atoms with Gasteiger partial charge in [-0.05, 0) is 56.3 Å². The molecule has 2 saturated heterocycles. The Bertz CT molecular complexity index is 709. The first-order valence-corrected chi connectivity index (χ1v) is 9.87. The summed E-state index contributed by atoms with van der Waals surface area (Å²) in [5, 5.41) is 1.34. The van der Waals surface area contributed by atoms with Crippen LogP contribution in [0, 0.1) is 0 Å². The molecule has 0 atom stereocenters. The molecular weight excluding hydrogens is 310 g/mol. The fraction of sp³-hybridized carbons (Fsp3) is 0.571. The molecule has 25 heavy (non-hydrogen) atoms. The minimum atomic E-state index is 0.350. The maximum absolute atomic E-state index is 12.5. The van der Waals surface area contributed by atoms with Gasteiger partial charge in [0.15, 0.2) is 0 Å². The standard InChI is InChI=1S/C21H29N3O/c25-21(10-13-23-11-4-1-5-12-23)24-14-8-17(9-15-24)19-16-22-20-7-3-2-6-18(19)20/h2-3,6-7,16-17,22H,1,4-5,8-15H2. The number of piperidine rings is 2. The summed E-state index contributed by atoms with van der Waals surface area (Å²) < 4.78 is 0. The van der Waals surface area contributed by atoms with E-state index in [1.807, 2.05) is 0 Å². The number of hydrogen-bond donors (Lipinski definition) is 1. The molecule has 0 aliphatic carbocycles. The number of hydrogen-bond acceptors (Lipinski definition) is 2. The van der Waals surface area contributed by atoms with Crippen LogP contribution in [0.1, 0.15) is 50.0 Å². The molecule has 4 rings (SSSR count). The van der Waals surface area contributed by atoms with E-state index in [2.05, 4.69) is 45.2 Å². The van der Waals surface area contributed by atoms with E-state index in [1.54, 1.807) is 0 Å². The van der Waals surface area contributed by atoms with E-state index in [4.69, 9.17) is 0 Å².